The molecule has 5 rings (SSSR count). The van der Waals surface area contributed by atoms with Crippen molar-refractivity contribution in [2.24, 2.45) is 7.05 Å². The van der Waals surface area contributed by atoms with Crippen molar-refractivity contribution in [2.75, 3.05) is 11.9 Å². The molecule has 10 heteroatoms. The zero-order valence-electron chi connectivity index (χ0n) is 19.8. The first-order chi connectivity index (χ1) is 16.6. The summed E-state index contributed by atoms with van der Waals surface area (Å²) in [6.07, 6.45) is 1.56. The van der Waals surface area contributed by atoms with E-state index in [2.05, 4.69) is 15.3 Å². The van der Waals surface area contributed by atoms with Gasteiger partial charge in [0.1, 0.15) is 17.0 Å². The molecule has 0 unspecified atom stereocenters. The summed E-state index contributed by atoms with van der Waals surface area (Å²) in [5.74, 6) is 0.531. The molecular weight excluding hydrogens is 457 g/mol. The highest BCUT2D eigenvalue weighted by molar-refractivity contribution is 6.05. The SMILES string of the molecule is Cc1ccc2c(n1)c(C(=O)N[C@H]1CC[C@@H](N(C)c3cccc4nc(C(F)(F)F)cn34)CC1)cn2C. The molecule has 0 bridgehead atoms. The predicted octanol–water partition coefficient (Wildman–Crippen LogP) is 4.73. The maximum Gasteiger partial charge on any atom is 0.434 e. The lowest BCUT2D eigenvalue weighted by molar-refractivity contribution is -0.140. The number of hydrogen-bond donors (Lipinski definition) is 1. The minimum Gasteiger partial charge on any atom is -0.358 e. The van der Waals surface area contributed by atoms with E-state index in [0.29, 0.717) is 16.9 Å². The highest BCUT2D eigenvalue weighted by Crippen LogP contribution is 2.32. The number of aromatic nitrogens is 4. The topological polar surface area (TPSA) is 67.5 Å². The third-order valence-electron chi connectivity index (χ3n) is 6.92. The van der Waals surface area contributed by atoms with Gasteiger partial charge in [0, 0.05) is 44.3 Å². The van der Waals surface area contributed by atoms with Crippen LogP contribution in [0.4, 0.5) is 19.0 Å². The number of alkyl halides is 3. The number of rotatable bonds is 4. The number of nitrogens with one attached hydrogen (secondary N) is 1. The number of nitrogens with zero attached hydrogens (tertiary/aromatic N) is 5. The average molecular weight is 485 g/mol. The van der Waals surface area contributed by atoms with Crippen LogP contribution in [0.5, 0.6) is 0 Å². The van der Waals surface area contributed by atoms with Gasteiger partial charge in [-0.2, -0.15) is 13.2 Å². The second-order valence-corrected chi connectivity index (χ2v) is 9.30. The van der Waals surface area contributed by atoms with Gasteiger partial charge in [-0.25, -0.2) is 4.98 Å². The number of anilines is 1. The van der Waals surface area contributed by atoms with E-state index < -0.39 is 11.9 Å². The summed E-state index contributed by atoms with van der Waals surface area (Å²) in [4.78, 5) is 23.3. The number of carbonyl (C=O) groups is 1. The molecule has 4 aromatic rings. The minimum absolute atomic E-state index is 0.0353. The molecule has 0 atom stereocenters. The van der Waals surface area contributed by atoms with E-state index in [4.69, 9.17) is 0 Å². The summed E-state index contributed by atoms with van der Waals surface area (Å²) < 4.78 is 42.9. The van der Waals surface area contributed by atoms with Crippen molar-refractivity contribution < 1.29 is 18.0 Å². The molecule has 1 amide bonds. The van der Waals surface area contributed by atoms with Crippen LogP contribution in [-0.4, -0.2) is 44.0 Å². The van der Waals surface area contributed by atoms with Crippen LogP contribution in [0.3, 0.4) is 0 Å². The molecule has 4 heterocycles. The van der Waals surface area contributed by atoms with Gasteiger partial charge in [-0.1, -0.05) is 6.07 Å². The number of halogens is 3. The van der Waals surface area contributed by atoms with Crippen LogP contribution in [0.25, 0.3) is 16.7 Å². The number of imidazole rings is 1. The Morgan fingerprint density at radius 1 is 1.09 bits per heavy atom. The quantitative estimate of drug-likeness (QED) is 0.455. The molecule has 0 aliphatic heterocycles. The van der Waals surface area contributed by atoms with Crippen molar-refractivity contribution >= 4 is 28.4 Å². The lowest BCUT2D eigenvalue weighted by Crippen LogP contribution is -2.43. The van der Waals surface area contributed by atoms with Crippen LogP contribution >= 0.6 is 0 Å². The van der Waals surface area contributed by atoms with Gasteiger partial charge in [-0.05, 0) is 56.9 Å². The van der Waals surface area contributed by atoms with Gasteiger partial charge >= 0.3 is 6.18 Å². The van der Waals surface area contributed by atoms with E-state index in [1.54, 1.807) is 18.2 Å². The summed E-state index contributed by atoms with van der Waals surface area (Å²) in [7, 11) is 3.80. The Morgan fingerprint density at radius 2 is 1.83 bits per heavy atom. The van der Waals surface area contributed by atoms with Crippen LogP contribution < -0.4 is 10.2 Å². The molecule has 184 valence electrons. The van der Waals surface area contributed by atoms with Crippen molar-refractivity contribution in [1.82, 2.24) is 24.3 Å². The highest BCUT2D eigenvalue weighted by atomic mass is 19.4. The Bertz CT molecular complexity index is 1400. The highest BCUT2D eigenvalue weighted by Gasteiger charge is 2.34. The first kappa shape index (κ1) is 23.2. The third-order valence-corrected chi connectivity index (χ3v) is 6.92. The summed E-state index contributed by atoms with van der Waals surface area (Å²) in [6.45, 7) is 1.90. The van der Waals surface area contributed by atoms with Crippen molar-refractivity contribution in [3.05, 3.63) is 59.7 Å². The number of amides is 1. The fraction of sp³-hybridized carbons (Fsp3) is 0.400. The lowest BCUT2D eigenvalue weighted by atomic mass is 9.90. The molecule has 4 aromatic heterocycles. The maximum absolute atomic E-state index is 13.2. The number of carbonyl (C=O) groups excluding carboxylic acids is 1. The first-order valence-electron chi connectivity index (χ1n) is 11.6. The Hall–Kier alpha value is -3.56. The van der Waals surface area contributed by atoms with Crippen molar-refractivity contribution in [3.8, 4) is 0 Å². The third kappa shape index (κ3) is 4.33. The van der Waals surface area contributed by atoms with Crippen LogP contribution in [0.15, 0.2) is 42.7 Å². The molecule has 0 aromatic carbocycles. The van der Waals surface area contributed by atoms with Gasteiger partial charge in [0.15, 0.2) is 5.69 Å². The molecule has 7 nitrogen and oxygen atoms in total. The van der Waals surface area contributed by atoms with Crippen LogP contribution in [0.2, 0.25) is 0 Å². The second-order valence-electron chi connectivity index (χ2n) is 9.30. The van der Waals surface area contributed by atoms with E-state index in [-0.39, 0.29) is 23.6 Å². The minimum atomic E-state index is -4.49. The van der Waals surface area contributed by atoms with E-state index >= 15 is 0 Å². The van der Waals surface area contributed by atoms with Gasteiger partial charge in [0.05, 0.1) is 11.1 Å². The standard InChI is InChI=1S/C25H27F3N6O/c1-15-7-12-19-23(29-15)18(13-32(19)2)24(35)30-16-8-10-17(11-9-16)33(3)22-6-4-5-21-31-20(14-34(21)22)25(26,27)28/h4-7,12-14,16-17H,8-11H2,1-3H3,(H,30,35)/t16-,17+. The van der Waals surface area contributed by atoms with Crippen molar-refractivity contribution in [2.45, 2.75) is 50.9 Å². The summed E-state index contributed by atoms with van der Waals surface area (Å²) >= 11 is 0. The average Bonchev–Trinajstić information content (AvgIpc) is 3.40. The van der Waals surface area contributed by atoms with E-state index in [1.807, 2.05) is 48.8 Å². The van der Waals surface area contributed by atoms with E-state index in [9.17, 15) is 18.0 Å². The molecular formula is C25H27F3N6O. The first-order valence-corrected chi connectivity index (χ1v) is 11.6. The Balaban J connectivity index is 1.27. The molecule has 1 fully saturated rings. The molecule has 0 radical (unpaired) electrons. The van der Waals surface area contributed by atoms with Gasteiger partial charge in [0.2, 0.25) is 0 Å². The molecule has 1 aliphatic rings. The smallest absolute Gasteiger partial charge is 0.358 e. The number of aryl methyl sites for hydroxylation is 2. The lowest BCUT2D eigenvalue weighted by Gasteiger charge is -2.36. The normalized spacial score (nSPS) is 18.8. The zero-order valence-corrected chi connectivity index (χ0v) is 19.8. The number of pyridine rings is 2. The Labute approximate surface area is 200 Å². The Morgan fingerprint density at radius 3 is 2.54 bits per heavy atom. The monoisotopic (exact) mass is 484 g/mol. The van der Waals surface area contributed by atoms with E-state index in [1.165, 1.54) is 4.40 Å². The van der Waals surface area contributed by atoms with Gasteiger partial charge in [-0.15, -0.1) is 0 Å². The van der Waals surface area contributed by atoms with Gasteiger partial charge in [-0.3, -0.25) is 14.2 Å². The number of fused-ring (bicyclic) bond motifs is 2. The predicted molar refractivity (Wildman–Crippen MR) is 128 cm³/mol. The van der Waals surface area contributed by atoms with Crippen molar-refractivity contribution in [1.29, 1.82) is 0 Å². The van der Waals surface area contributed by atoms with Gasteiger partial charge < -0.3 is 14.8 Å². The van der Waals surface area contributed by atoms with Crippen molar-refractivity contribution in [3.63, 3.8) is 0 Å². The largest absolute Gasteiger partial charge is 0.434 e. The van der Waals surface area contributed by atoms with E-state index in [0.717, 1.165) is 43.1 Å². The zero-order chi connectivity index (χ0) is 24.9. The fourth-order valence-electron chi connectivity index (χ4n) is 5.00. The molecule has 1 N–H and O–H groups in total. The summed E-state index contributed by atoms with van der Waals surface area (Å²) in [5, 5.41) is 3.16. The second kappa shape index (κ2) is 8.58. The maximum atomic E-state index is 13.2. The van der Waals surface area contributed by atoms with Crippen LogP contribution in [-0.2, 0) is 13.2 Å². The molecule has 0 saturated heterocycles. The molecule has 1 aliphatic carbocycles. The van der Waals surface area contributed by atoms with Gasteiger partial charge in [0.25, 0.3) is 5.91 Å². The summed E-state index contributed by atoms with van der Waals surface area (Å²) in [5.41, 5.74) is 2.40. The molecule has 0 spiro atoms. The summed E-state index contributed by atoms with van der Waals surface area (Å²) in [6, 6.07) is 9.17. The van der Waals surface area contributed by atoms with Crippen LogP contribution in [0, 0.1) is 6.92 Å². The molecule has 35 heavy (non-hydrogen) atoms. The number of hydrogen-bond acceptors (Lipinski definition) is 4. The Kier molecular flexibility index (Phi) is 5.69. The van der Waals surface area contributed by atoms with Crippen LogP contribution in [0.1, 0.15) is 47.4 Å². The fourth-order valence-corrected chi connectivity index (χ4v) is 5.00. The molecule has 1 saturated carbocycles.